The van der Waals surface area contributed by atoms with E-state index in [-0.39, 0.29) is 4.90 Å². The molecule has 8 heteroatoms. The van der Waals surface area contributed by atoms with Gasteiger partial charge in [-0.25, -0.2) is 8.42 Å². The Morgan fingerprint density at radius 3 is 2.85 bits per heavy atom. The second kappa shape index (κ2) is 4.49. The minimum Gasteiger partial charge on any atom is -0.366 e. The molecule has 0 atom stereocenters. The highest BCUT2D eigenvalue weighted by molar-refractivity contribution is 7.92. The van der Waals surface area contributed by atoms with Crippen molar-refractivity contribution >= 4 is 26.6 Å². The Morgan fingerprint density at radius 1 is 1.20 bits per heavy atom. The summed E-state index contributed by atoms with van der Waals surface area (Å²) in [6.07, 6.45) is 4.16. The number of aromatic nitrogens is 3. The number of nitrogens with one attached hydrogen (secondary N) is 3. The van der Waals surface area contributed by atoms with Gasteiger partial charge in [0.05, 0.1) is 17.4 Å². The predicted molar refractivity (Wildman–Crippen MR) is 74.0 cm³/mol. The van der Waals surface area contributed by atoms with E-state index in [1.807, 2.05) is 0 Å². The quantitative estimate of drug-likeness (QED) is 0.670. The Balaban J connectivity index is 2.01. The number of anilines is 1. The molecule has 0 radical (unpaired) electrons. The number of hydrogen-bond acceptors (Lipinski definition) is 4. The van der Waals surface area contributed by atoms with E-state index < -0.39 is 15.5 Å². The van der Waals surface area contributed by atoms with Gasteiger partial charge >= 0.3 is 0 Å². The monoisotopic (exact) mass is 290 g/mol. The zero-order valence-corrected chi connectivity index (χ0v) is 10.9. The highest BCUT2D eigenvalue weighted by Gasteiger charge is 2.17. The molecule has 0 fully saturated rings. The Kier molecular flexibility index (Phi) is 2.79. The van der Waals surface area contributed by atoms with Crippen molar-refractivity contribution in [3.63, 3.8) is 0 Å². The van der Waals surface area contributed by atoms with Gasteiger partial charge in [-0.1, -0.05) is 0 Å². The SMILES string of the molecule is O=c1cc[nH]cc1S(=O)(=O)Nc1ccc2cn[nH]c2c1. The van der Waals surface area contributed by atoms with Gasteiger partial charge in [0.2, 0.25) is 5.43 Å². The second-order valence-corrected chi connectivity index (χ2v) is 5.80. The van der Waals surface area contributed by atoms with Gasteiger partial charge < -0.3 is 4.98 Å². The fourth-order valence-corrected chi connectivity index (χ4v) is 2.92. The standard InChI is InChI=1S/C12H10N4O3S/c17-11-3-4-13-7-12(11)20(18,19)16-9-2-1-8-6-14-15-10(8)5-9/h1-7,16H,(H,13,17)(H,14,15). The van der Waals surface area contributed by atoms with E-state index in [0.717, 1.165) is 17.6 Å². The average Bonchev–Trinajstić information content (AvgIpc) is 2.86. The lowest BCUT2D eigenvalue weighted by atomic mass is 10.2. The number of H-pyrrole nitrogens is 2. The average molecular weight is 290 g/mol. The topological polar surface area (TPSA) is 108 Å². The number of rotatable bonds is 3. The van der Waals surface area contributed by atoms with E-state index in [2.05, 4.69) is 19.9 Å². The van der Waals surface area contributed by atoms with Gasteiger partial charge in [0.25, 0.3) is 10.0 Å². The van der Waals surface area contributed by atoms with Crippen molar-refractivity contribution in [3.05, 3.63) is 53.1 Å². The molecule has 0 unspecified atom stereocenters. The van der Waals surface area contributed by atoms with Crippen LogP contribution in [0.4, 0.5) is 5.69 Å². The zero-order valence-electron chi connectivity index (χ0n) is 10.1. The lowest BCUT2D eigenvalue weighted by molar-refractivity contribution is 0.600. The molecule has 0 amide bonds. The van der Waals surface area contributed by atoms with Gasteiger partial charge in [-0.2, -0.15) is 5.10 Å². The van der Waals surface area contributed by atoms with Crippen LogP contribution in [0.1, 0.15) is 0 Å². The Bertz CT molecular complexity index is 927. The highest BCUT2D eigenvalue weighted by Crippen LogP contribution is 2.18. The van der Waals surface area contributed by atoms with Crippen LogP contribution in [0.2, 0.25) is 0 Å². The number of nitrogens with zero attached hydrogens (tertiary/aromatic N) is 1. The van der Waals surface area contributed by atoms with Crippen molar-refractivity contribution in [2.75, 3.05) is 4.72 Å². The zero-order chi connectivity index (χ0) is 14.2. The van der Waals surface area contributed by atoms with E-state index in [1.54, 1.807) is 24.4 Å². The summed E-state index contributed by atoms with van der Waals surface area (Å²) in [6, 6.07) is 6.10. The summed E-state index contributed by atoms with van der Waals surface area (Å²) in [6.45, 7) is 0. The first kappa shape index (κ1) is 12.4. The Hall–Kier alpha value is -2.61. The van der Waals surface area contributed by atoms with Crippen LogP contribution in [0.5, 0.6) is 0 Å². The molecule has 0 aliphatic rings. The first-order valence-corrected chi connectivity index (χ1v) is 7.18. The van der Waals surface area contributed by atoms with Gasteiger partial charge in [-0.15, -0.1) is 0 Å². The fourth-order valence-electron chi connectivity index (χ4n) is 1.82. The number of aromatic amines is 2. The van der Waals surface area contributed by atoms with Crippen LogP contribution >= 0.6 is 0 Å². The van der Waals surface area contributed by atoms with Crippen molar-refractivity contribution in [1.82, 2.24) is 15.2 Å². The Labute approximate surface area is 113 Å². The number of hydrogen-bond donors (Lipinski definition) is 3. The van der Waals surface area contributed by atoms with Crippen LogP contribution in [0.15, 0.2) is 52.5 Å². The van der Waals surface area contributed by atoms with Crippen LogP contribution < -0.4 is 10.2 Å². The molecular formula is C12H10N4O3S. The summed E-state index contributed by atoms with van der Waals surface area (Å²) >= 11 is 0. The molecule has 7 nitrogen and oxygen atoms in total. The molecule has 3 rings (SSSR count). The molecule has 1 aromatic carbocycles. The van der Waals surface area contributed by atoms with Crippen LogP contribution in [0.3, 0.4) is 0 Å². The van der Waals surface area contributed by atoms with Crippen LogP contribution in [-0.2, 0) is 10.0 Å². The first-order valence-electron chi connectivity index (χ1n) is 5.69. The molecule has 3 aromatic rings. The molecule has 0 saturated heterocycles. The van der Waals surface area contributed by atoms with E-state index in [9.17, 15) is 13.2 Å². The normalized spacial score (nSPS) is 11.6. The fraction of sp³-hybridized carbons (Fsp3) is 0. The van der Waals surface area contributed by atoms with Crippen molar-refractivity contribution in [2.45, 2.75) is 4.90 Å². The summed E-state index contributed by atoms with van der Waals surface area (Å²) in [5, 5.41) is 7.46. The van der Waals surface area contributed by atoms with Crippen LogP contribution in [-0.4, -0.2) is 23.6 Å². The minimum absolute atomic E-state index is 0.329. The van der Waals surface area contributed by atoms with Gasteiger partial charge in [0, 0.05) is 23.8 Å². The summed E-state index contributed by atoms with van der Waals surface area (Å²) in [5.74, 6) is 0. The van der Waals surface area contributed by atoms with E-state index >= 15 is 0 Å². The predicted octanol–water partition coefficient (Wildman–Crippen LogP) is 1.05. The summed E-state index contributed by atoms with van der Waals surface area (Å²) in [4.78, 5) is 13.8. The number of sulfonamides is 1. The molecule has 20 heavy (non-hydrogen) atoms. The summed E-state index contributed by atoms with van der Waals surface area (Å²) in [5.41, 5.74) is 0.482. The second-order valence-electron chi connectivity index (χ2n) is 4.15. The molecule has 0 aliphatic carbocycles. The van der Waals surface area contributed by atoms with E-state index in [1.165, 1.54) is 6.20 Å². The molecule has 0 saturated carbocycles. The maximum atomic E-state index is 12.1. The molecule has 3 N–H and O–H groups in total. The van der Waals surface area contributed by atoms with Gasteiger partial charge in [-0.05, 0) is 18.2 Å². The summed E-state index contributed by atoms with van der Waals surface area (Å²) < 4.78 is 26.6. The molecule has 0 bridgehead atoms. The molecule has 0 aliphatic heterocycles. The lowest BCUT2D eigenvalue weighted by Gasteiger charge is -2.07. The van der Waals surface area contributed by atoms with Gasteiger partial charge in [0.15, 0.2) is 4.90 Å². The third-order valence-corrected chi connectivity index (χ3v) is 4.17. The van der Waals surface area contributed by atoms with Gasteiger partial charge in [0.1, 0.15) is 0 Å². The largest absolute Gasteiger partial charge is 0.366 e. The van der Waals surface area contributed by atoms with Crippen molar-refractivity contribution in [1.29, 1.82) is 0 Å². The first-order chi connectivity index (χ1) is 9.56. The lowest BCUT2D eigenvalue weighted by Crippen LogP contribution is -2.20. The van der Waals surface area contributed by atoms with Crippen LogP contribution in [0, 0.1) is 0 Å². The third kappa shape index (κ3) is 2.16. The molecular weight excluding hydrogens is 280 g/mol. The number of fused-ring (bicyclic) bond motifs is 1. The van der Waals surface area contributed by atoms with Crippen LogP contribution in [0.25, 0.3) is 10.9 Å². The van der Waals surface area contributed by atoms with Crippen molar-refractivity contribution in [2.24, 2.45) is 0 Å². The van der Waals surface area contributed by atoms with E-state index in [0.29, 0.717) is 11.2 Å². The minimum atomic E-state index is -3.92. The smallest absolute Gasteiger partial charge is 0.267 e. The third-order valence-electron chi connectivity index (χ3n) is 2.77. The van der Waals surface area contributed by atoms with E-state index in [4.69, 9.17) is 0 Å². The van der Waals surface area contributed by atoms with Crippen molar-refractivity contribution in [3.8, 4) is 0 Å². The highest BCUT2D eigenvalue weighted by atomic mass is 32.2. The Morgan fingerprint density at radius 2 is 2.05 bits per heavy atom. The van der Waals surface area contributed by atoms with Gasteiger partial charge in [-0.3, -0.25) is 14.6 Å². The summed E-state index contributed by atoms with van der Waals surface area (Å²) in [7, 11) is -3.92. The molecule has 0 spiro atoms. The number of benzene rings is 1. The maximum Gasteiger partial charge on any atom is 0.267 e. The van der Waals surface area contributed by atoms with Crippen molar-refractivity contribution < 1.29 is 8.42 Å². The maximum absolute atomic E-state index is 12.1. The molecule has 2 heterocycles. The molecule has 102 valence electrons. The molecule has 2 aromatic heterocycles. The number of pyridine rings is 1.